The summed E-state index contributed by atoms with van der Waals surface area (Å²) in [6.45, 7) is 0.661. The molecule has 1 heterocycles. The van der Waals surface area contributed by atoms with Crippen LogP contribution in [0, 0.1) is 0 Å². The van der Waals surface area contributed by atoms with Gasteiger partial charge in [0.25, 0.3) is 0 Å². The number of methoxy groups -OCH3 is 1. The Morgan fingerprint density at radius 1 is 1.46 bits per heavy atom. The lowest BCUT2D eigenvalue weighted by Gasteiger charge is -2.10. The van der Waals surface area contributed by atoms with Crippen molar-refractivity contribution in [1.82, 2.24) is 9.97 Å². The second-order valence-electron chi connectivity index (χ2n) is 3.43. The van der Waals surface area contributed by atoms with Gasteiger partial charge in [-0.05, 0) is 12.8 Å². The molecule has 1 fully saturated rings. The van der Waals surface area contributed by atoms with Crippen LogP contribution in [0.1, 0.15) is 18.5 Å². The van der Waals surface area contributed by atoms with Crippen LogP contribution < -0.4 is 10.5 Å². The first kappa shape index (κ1) is 8.44. The summed E-state index contributed by atoms with van der Waals surface area (Å²) in [6.07, 6.45) is 5.67. The smallest absolute Gasteiger partial charge is 0.231 e. The van der Waals surface area contributed by atoms with Crippen molar-refractivity contribution in [3.63, 3.8) is 0 Å². The van der Waals surface area contributed by atoms with Crippen LogP contribution in [0.5, 0.6) is 5.88 Å². The molecule has 1 saturated carbocycles. The third kappa shape index (κ3) is 1.37. The zero-order valence-electron chi connectivity index (χ0n) is 7.66. The Labute approximate surface area is 77.1 Å². The van der Waals surface area contributed by atoms with Gasteiger partial charge in [0.1, 0.15) is 0 Å². The third-order valence-electron chi connectivity index (χ3n) is 2.62. The van der Waals surface area contributed by atoms with Crippen molar-refractivity contribution in [3.05, 3.63) is 18.1 Å². The fourth-order valence-electron chi connectivity index (χ4n) is 1.41. The van der Waals surface area contributed by atoms with Gasteiger partial charge in [-0.3, -0.25) is 4.98 Å². The van der Waals surface area contributed by atoms with Gasteiger partial charge in [0.05, 0.1) is 25.2 Å². The van der Waals surface area contributed by atoms with Crippen LogP contribution >= 0.6 is 0 Å². The van der Waals surface area contributed by atoms with E-state index in [4.69, 9.17) is 10.5 Å². The number of hydrogen-bond donors (Lipinski definition) is 1. The van der Waals surface area contributed by atoms with E-state index in [1.165, 1.54) is 0 Å². The molecule has 4 heteroatoms. The fraction of sp³-hybridized carbons (Fsp3) is 0.556. The van der Waals surface area contributed by atoms with Crippen LogP contribution in [0.2, 0.25) is 0 Å². The van der Waals surface area contributed by atoms with Crippen LogP contribution in [-0.4, -0.2) is 23.6 Å². The molecule has 1 aromatic heterocycles. The highest BCUT2D eigenvalue weighted by atomic mass is 16.5. The van der Waals surface area contributed by atoms with E-state index in [-0.39, 0.29) is 5.41 Å². The van der Waals surface area contributed by atoms with Gasteiger partial charge >= 0.3 is 0 Å². The van der Waals surface area contributed by atoms with Crippen LogP contribution in [0.3, 0.4) is 0 Å². The molecule has 0 spiro atoms. The fourth-order valence-corrected chi connectivity index (χ4v) is 1.41. The molecule has 0 bridgehead atoms. The summed E-state index contributed by atoms with van der Waals surface area (Å²) in [5.41, 5.74) is 6.79. The molecule has 0 atom stereocenters. The Morgan fingerprint density at radius 3 is 2.62 bits per heavy atom. The maximum absolute atomic E-state index is 5.67. The first-order valence-corrected chi connectivity index (χ1v) is 4.37. The average molecular weight is 179 g/mol. The van der Waals surface area contributed by atoms with Crippen molar-refractivity contribution in [3.8, 4) is 5.88 Å². The molecule has 13 heavy (non-hydrogen) atoms. The number of rotatable bonds is 3. The molecule has 2 N–H and O–H groups in total. The van der Waals surface area contributed by atoms with E-state index in [2.05, 4.69) is 9.97 Å². The largest absolute Gasteiger partial charge is 0.480 e. The summed E-state index contributed by atoms with van der Waals surface area (Å²) in [6, 6.07) is 0. The van der Waals surface area contributed by atoms with Crippen LogP contribution in [0.15, 0.2) is 12.4 Å². The van der Waals surface area contributed by atoms with E-state index >= 15 is 0 Å². The highest BCUT2D eigenvalue weighted by molar-refractivity contribution is 5.24. The predicted molar refractivity (Wildman–Crippen MR) is 48.6 cm³/mol. The lowest BCUT2D eigenvalue weighted by molar-refractivity contribution is 0.394. The van der Waals surface area contributed by atoms with Crippen LogP contribution in [0.25, 0.3) is 0 Å². The molecule has 1 aromatic rings. The Balaban J connectivity index is 2.23. The van der Waals surface area contributed by atoms with Crippen LogP contribution in [0.4, 0.5) is 0 Å². The highest BCUT2D eigenvalue weighted by Crippen LogP contribution is 2.45. The van der Waals surface area contributed by atoms with Gasteiger partial charge in [-0.25, -0.2) is 4.98 Å². The second-order valence-corrected chi connectivity index (χ2v) is 3.43. The quantitative estimate of drug-likeness (QED) is 0.733. The molecule has 4 nitrogen and oxygen atoms in total. The minimum absolute atomic E-state index is 0.124. The first-order valence-electron chi connectivity index (χ1n) is 4.37. The lowest BCUT2D eigenvalue weighted by atomic mass is 10.0. The average Bonchev–Trinajstić information content (AvgIpc) is 2.99. The minimum atomic E-state index is 0.124. The Hall–Kier alpha value is -1.16. The van der Waals surface area contributed by atoms with Gasteiger partial charge in [-0.2, -0.15) is 0 Å². The number of nitrogens with zero attached hydrogens (tertiary/aromatic N) is 2. The molecule has 0 unspecified atom stereocenters. The van der Waals surface area contributed by atoms with E-state index in [0.29, 0.717) is 12.4 Å². The maximum Gasteiger partial charge on any atom is 0.231 e. The standard InChI is InChI=1S/C9H13N3O/c1-13-8-5-11-7(4-12-8)9(6-10)2-3-9/h4-5H,2-3,6,10H2,1H3. The van der Waals surface area contributed by atoms with Gasteiger partial charge in [0.2, 0.25) is 5.88 Å². The maximum atomic E-state index is 5.67. The number of hydrogen-bond acceptors (Lipinski definition) is 4. The molecule has 0 saturated heterocycles. The minimum Gasteiger partial charge on any atom is -0.480 e. The van der Waals surface area contributed by atoms with Gasteiger partial charge < -0.3 is 10.5 Å². The molecule has 0 radical (unpaired) electrons. The summed E-state index contributed by atoms with van der Waals surface area (Å²) in [7, 11) is 1.58. The zero-order chi connectivity index (χ0) is 9.31. The molecular weight excluding hydrogens is 166 g/mol. The van der Waals surface area contributed by atoms with Gasteiger partial charge in [0.15, 0.2) is 0 Å². The Bertz CT molecular complexity index is 292. The second kappa shape index (κ2) is 2.96. The SMILES string of the molecule is COc1cnc(C2(CN)CC2)cn1. The number of aromatic nitrogens is 2. The van der Waals surface area contributed by atoms with Crippen molar-refractivity contribution in [2.24, 2.45) is 5.73 Å². The van der Waals surface area contributed by atoms with E-state index in [1.807, 2.05) is 0 Å². The van der Waals surface area contributed by atoms with Crippen molar-refractivity contribution in [2.75, 3.05) is 13.7 Å². The van der Waals surface area contributed by atoms with Crippen molar-refractivity contribution in [1.29, 1.82) is 0 Å². The molecule has 2 rings (SSSR count). The molecule has 70 valence electrons. The van der Waals surface area contributed by atoms with Crippen molar-refractivity contribution in [2.45, 2.75) is 18.3 Å². The van der Waals surface area contributed by atoms with Crippen molar-refractivity contribution >= 4 is 0 Å². The zero-order valence-corrected chi connectivity index (χ0v) is 7.66. The molecule has 0 aliphatic heterocycles. The summed E-state index contributed by atoms with van der Waals surface area (Å²) in [4.78, 5) is 8.40. The normalized spacial score (nSPS) is 18.3. The molecule has 1 aliphatic carbocycles. The van der Waals surface area contributed by atoms with Crippen molar-refractivity contribution < 1.29 is 4.74 Å². The number of ether oxygens (including phenoxy) is 1. The molecular formula is C9H13N3O. The summed E-state index contributed by atoms with van der Waals surface area (Å²) in [5, 5.41) is 0. The van der Waals surface area contributed by atoms with E-state index < -0.39 is 0 Å². The van der Waals surface area contributed by atoms with Gasteiger partial charge in [-0.1, -0.05) is 0 Å². The van der Waals surface area contributed by atoms with Crippen LogP contribution in [-0.2, 0) is 5.41 Å². The van der Waals surface area contributed by atoms with Gasteiger partial charge in [0, 0.05) is 12.0 Å². The molecule has 0 amide bonds. The van der Waals surface area contributed by atoms with Gasteiger partial charge in [-0.15, -0.1) is 0 Å². The molecule has 0 aromatic carbocycles. The summed E-state index contributed by atoms with van der Waals surface area (Å²) < 4.78 is 4.93. The first-order chi connectivity index (χ1) is 6.30. The molecule has 1 aliphatic rings. The Kier molecular flexibility index (Phi) is 1.92. The highest BCUT2D eigenvalue weighted by Gasteiger charge is 2.44. The lowest BCUT2D eigenvalue weighted by Crippen LogP contribution is -2.21. The third-order valence-corrected chi connectivity index (χ3v) is 2.62. The van der Waals surface area contributed by atoms with E-state index in [1.54, 1.807) is 19.5 Å². The Morgan fingerprint density at radius 2 is 2.23 bits per heavy atom. The van der Waals surface area contributed by atoms with E-state index in [0.717, 1.165) is 18.5 Å². The number of nitrogens with two attached hydrogens (primary N) is 1. The monoisotopic (exact) mass is 179 g/mol. The summed E-state index contributed by atoms with van der Waals surface area (Å²) in [5.74, 6) is 0.552. The predicted octanol–water partition coefficient (Wildman–Crippen LogP) is 0.476. The topological polar surface area (TPSA) is 61.0 Å². The van der Waals surface area contributed by atoms with E-state index in [9.17, 15) is 0 Å². The summed E-state index contributed by atoms with van der Waals surface area (Å²) >= 11 is 0.